The molecule has 1 aromatic carbocycles. The lowest BCUT2D eigenvalue weighted by atomic mass is 10.3. The minimum absolute atomic E-state index is 0.199. The Labute approximate surface area is 76.0 Å². The number of hydrogen-bond donors (Lipinski definition) is 0. The molecule has 2 nitrogen and oxygen atoms in total. The SMILES string of the molecule is CN1C=c2c(F)cccc2=NCC1. The first-order chi connectivity index (χ1) is 6.27. The molecule has 0 radical (unpaired) electrons. The van der Waals surface area contributed by atoms with Gasteiger partial charge < -0.3 is 4.90 Å². The average molecular weight is 178 g/mol. The van der Waals surface area contributed by atoms with Gasteiger partial charge in [-0.2, -0.15) is 0 Å². The Kier molecular flexibility index (Phi) is 2.00. The molecule has 0 amide bonds. The number of benzene rings is 1. The molecule has 0 saturated carbocycles. The molecule has 1 aromatic rings. The molecule has 0 saturated heterocycles. The van der Waals surface area contributed by atoms with Crippen LogP contribution in [0.2, 0.25) is 0 Å². The van der Waals surface area contributed by atoms with Crippen LogP contribution in [-0.2, 0) is 0 Å². The van der Waals surface area contributed by atoms with E-state index in [1.165, 1.54) is 6.07 Å². The van der Waals surface area contributed by atoms with E-state index in [4.69, 9.17) is 0 Å². The highest BCUT2D eigenvalue weighted by molar-refractivity contribution is 5.23. The summed E-state index contributed by atoms with van der Waals surface area (Å²) in [5.41, 5.74) is 0. The molecule has 0 unspecified atom stereocenters. The predicted molar refractivity (Wildman–Crippen MR) is 49.1 cm³/mol. The monoisotopic (exact) mass is 178 g/mol. The first-order valence-corrected chi connectivity index (χ1v) is 4.28. The van der Waals surface area contributed by atoms with E-state index < -0.39 is 0 Å². The topological polar surface area (TPSA) is 15.6 Å². The van der Waals surface area contributed by atoms with Crippen molar-refractivity contribution in [1.29, 1.82) is 0 Å². The van der Waals surface area contributed by atoms with Gasteiger partial charge in [0.2, 0.25) is 0 Å². The predicted octanol–water partition coefficient (Wildman–Crippen LogP) is 0.129. The fraction of sp³-hybridized carbons (Fsp3) is 0.300. The Morgan fingerprint density at radius 3 is 3.15 bits per heavy atom. The van der Waals surface area contributed by atoms with Crippen molar-refractivity contribution in [2.24, 2.45) is 4.99 Å². The van der Waals surface area contributed by atoms with Crippen molar-refractivity contribution in [1.82, 2.24) is 4.90 Å². The Bertz CT molecular complexity index is 425. The van der Waals surface area contributed by atoms with E-state index in [9.17, 15) is 4.39 Å². The van der Waals surface area contributed by atoms with Gasteiger partial charge in [-0.25, -0.2) is 4.39 Å². The molecule has 0 N–H and O–H groups in total. The highest BCUT2D eigenvalue weighted by Crippen LogP contribution is 1.90. The van der Waals surface area contributed by atoms with Gasteiger partial charge >= 0.3 is 0 Å². The lowest BCUT2D eigenvalue weighted by molar-refractivity contribution is 0.509. The summed E-state index contributed by atoms with van der Waals surface area (Å²) in [4.78, 5) is 6.24. The van der Waals surface area contributed by atoms with Crippen LogP contribution in [0.3, 0.4) is 0 Å². The Hall–Kier alpha value is -1.38. The van der Waals surface area contributed by atoms with E-state index >= 15 is 0 Å². The summed E-state index contributed by atoms with van der Waals surface area (Å²) in [5.74, 6) is -0.199. The lowest BCUT2D eigenvalue weighted by Gasteiger charge is -2.09. The first kappa shape index (κ1) is 8.23. The van der Waals surface area contributed by atoms with Crippen molar-refractivity contribution in [2.45, 2.75) is 0 Å². The second-order valence-electron chi connectivity index (χ2n) is 3.16. The number of nitrogens with zero attached hydrogens (tertiary/aromatic N) is 2. The summed E-state index contributed by atoms with van der Waals surface area (Å²) in [5, 5.41) is 1.35. The Morgan fingerprint density at radius 1 is 1.46 bits per heavy atom. The molecule has 1 aliphatic rings. The zero-order valence-electron chi connectivity index (χ0n) is 7.50. The van der Waals surface area contributed by atoms with Gasteiger partial charge in [-0.15, -0.1) is 0 Å². The number of rotatable bonds is 0. The van der Waals surface area contributed by atoms with Crippen LogP contribution in [0, 0.1) is 5.82 Å². The molecular weight excluding hydrogens is 167 g/mol. The van der Waals surface area contributed by atoms with Crippen LogP contribution < -0.4 is 10.6 Å². The van der Waals surface area contributed by atoms with Gasteiger partial charge in [0.1, 0.15) is 5.82 Å². The van der Waals surface area contributed by atoms with E-state index in [0.717, 1.165) is 18.4 Å². The molecule has 0 atom stereocenters. The van der Waals surface area contributed by atoms with Crippen molar-refractivity contribution in [3.8, 4) is 0 Å². The summed E-state index contributed by atoms with van der Waals surface area (Å²) < 4.78 is 13.3. The standard InChI is InChI=1S/C10H11FN2/c1-13-6-5-12-10-4-2-3-9(11)8(10)7-13/h2-4,7H,5-6H2,1H3. The van der Waals surface area contributed by atoms with Crippen molar-refractivity contribution in [3.05, 3.63) is 34.6 Å². The summed E-state index contributed by atoms with van der Waals surface area (Å²) in [7, 11) is 1.93. The van der Waals surface area contributed by atoms with E-state index in [1.807, 2.05) is 18.0 Å². The smallest absolute Gasteiger partial charge is 0.134 e. The third-order valence-corrected chi connectivity index (χ3v) is 2.11. The molecule has 0 fully saturated rings. The van der Waals surface area contributed by atoms with Crippen molar-refractivity contribution >= 4 is 6.20 Å². The minimum atomic E-state index is -0.199. The fourth-order valence-electron chi connectivity index (χ4n) is 1.40. The number of halogens is 1. The minimum Gasteiger partial charge on any atom is -0.378 e. The van der Waals surface area contributed by atoms with Gasteiger partial charge in [0.15, 0.2) is 0 Å². The summed E-state index contributed by atoms with van der Waals surface area (Å²) in [6.45, 7) is 1.57. The van der Waals surface area contributed by atoms with Crippen LogP contribution in [0.4, 0.5) is 4.39 Å². The van der Waals surface area contributed by atoms with Crippen LogP contribution in [0.25, 0.3) is 6.20 Å². The zero-order chi connectivity index (χ0) is 9.26. The molecule has 3 heteroatoms. The van der Waals surface area contributed by atoms with E-state index in [-0.39, 0.29) is 5.82 Å². The molecule has 68 valence electrons. The normalized spacial score (nSPS) is 15.4. The van der Waals surface area contributed by atoms with E-state index in [0.29, 0.717) is 5.22 Å². The Balaban J connectivity index is 2.76. The zero-order valence-corrected chi connectivity index (χ0v) is 7.50. The summed E-state index contributed by atoms with van der Waals surface area (Å²) in [6, 6.07) is 4.99. The van der Waals surface area contributed by atoms with Gasteiger partial charge in [-0.05, 0) is 12.1 Å². The maximum Gasteiger partial charge on any atom is 0.134 e. The molecule has 13 heavy (non-hydrogen) atoms. The van der Waals surface area contributed by atoms with Crippen LogP contribution in [0.5, 0.6) is 0 Å². The van der Waals surface area contributed by atoms with Crippen LogP contribution in [-0.4, -0.2) is 25.0 Å². The molecule has 1 aliphatic heterocycles. The quantitative estimate of drug-likeness (QED) is 0.551. The maximum atomic E-state index is 13.3. The molecular formula is C10H11FN2. The Morgan fingerprint density at radius 2 is 2.31 bits per heavy atom. The third-order valence-electron chi connectivity index (χ3n) is 2.11. The number of fused-ring (bicyclic) bond motifs is 1. The van der Waals surface area contributed by atoms with Crippen LogP contribution >= 0.6 is 0 Å². The molecule has 0 bridgehead atoms. The first-order valence-electron chi connectivity index (χ1n) is 4.28. The van der Waals surface area contributed by atoms with Gasteiger partial charge in [-0.3, -0.25) is 4.99 Å². The van der Waals surface area contributed by atoms with Crippen molar-refractivity contribution in [3.63, 3.8) is 0 Å². The fourth-order valence-corrected chi connectivity index (χ4v) is 1.40. The van der Waals surface area contributed by atoms with Gasteiger partial charge in [0, 0.05) is 19.8 Å². The number of hydrogen-bond acceptors (Lipinski definition) is 2. The number of likely N-dealkylation sites (N-methyl/N-ethyl adjacent to an activating group) is 1. The molecule has 2 rings (SSSR count). The average Bonchev–Trinajstić information content (AvgIpc) is 2.28. The van der Waals surface area contributed by atoms with Gasteiger partial charge in [0.05, 0.1) is 17.1 Å². The van der Waals surface area contributed by atoms with Crippen LogP contribution in [0.15, 0.2) is 23.2 Å². The molecule has 0 aromatic heterocycles. The highest BCUT2D eigenvalue weighted by atomic mass is 19.1. The third kappa shape index (κ3) is 1.54. The van der Waals surface area contributed by atoms with Gasteiger partial charge in [-0.1, -0.05) is 6.07 Å². The second kappa shape index (κ2) is 3.17. The van der Waals surface area contributed by atoms with Gasteiger partial charge in [0.25, 0.3) is 0 Å². The van der Waals surface area contributed by atoms with Crippen LogP contribution in [0.1, 0.15) is 0 Å². The van der Waals surface area contributed by atoms with Crippen molar-refractivity contribution in [2.75, 3.05) is 20.1 Å². The van der Waals surface area contributed by atoms with E-state index in [2.05, 4.69) is 4.99 Å². The maximum absolute atomic E-state index is 13.3. The van der Waals surface area contributed by atoms with E-state index in [1.54, 1.807) is 12.3 Å². The highest BCUT2D eigenvalue weighted by Gasteiger charge is 2.01. The molecule has 0 aliphatic carbocycles. The van der Waals surface area contributed by atoms with Crippen molar-refractivity contribution < 1.29 is 4.39 Å². The summed E-state index contributed by atoms with van der Waals surface area (Å²) in [6.07, 6.45) is 1.81. The second-order valence-corrected chi connectivity index (χ2v) is 3.16. The largest absolute Gasteiger partial charge is 0.378 e. The summed E-state index contributed by atoms with van der Waals surface area (Å²) >= 11 is 0. The molecule has 0 spiro atoms. The molecule has 1 heterocycles. The lowest BCUT2D eigenvalue weighted by Crippen LogP contribution is -2.29.